The first kappa shape index (κ1) is 68.4. The SMILES string of the molecule is CCCCC/C=C\C/C=C\CCCCCCCC(=O)OC(COCCCCCCCCCCCCCCCCCCCCCC)COC(=O)CCCCCCCCCCCCCCCCCCCCC. The van der Waals surface area contributed by atoms with E-state index in [0.29, 0.717) is 26.1 Å². The van der Waals surface area contributed by atoms with Crippen LogP contribution in [-0.4, -0.2) is 37.9 Å². The van der Waals surface area contributed by atoms with E-state index in [1.165, 1.54) is 270 Å². The van der Waals surface area contributed by atoms with Gasteiger partial charge in [0, 0.05) is 19.4 Å². The van der Waals surface area contributed by atoms with Crippen molar-refractivity contribution >= 4 is 11.9 Å². The van der Waals surface area contributed by atoms with Crippen molar-refractivity contribution in [2.45, 2.75) is 361 Å². The van der Waals surface area contributed by atoms with Crippen LogP contribution in [0.5, 0.6) is 0 Å². The molecule has 0 aromatic heterocycles. The zero-order chi connectivity index (χ0) is 50.6. The van der Waals surface area contributed by atoms with E-state index in [4.69, 9.17) is 14.2 Å². The lowest BCUT2D eigenvalue weighted by molar-refractivity contribution is -0.163. The quantitative estimate of drug-likeness (QED) is 0.0345. The molecule has 0 fully saturated rings. The topological polar surface area (TPSA) is 61.8 Å². The van der Waals surface area contributed by atoms with Gasteiger partial charge in [-0.2, -0.15) is 0 Å². The van der Waals surface area contributed by atoms with Crippen molar-refractivity contribution in [3.8, 4) is 0 Å². The molecule has 0 radical (unpaired) electrons. The summed E-state index contributed by atoms with van der Waals surface area (Å²) in [5.41, 5.74) is 0. The Balaban J connectivity index is 4.20. The second-order valence-corrected chi connectivity index (χ2v) is 21.7. The summed E-state index contributed by atoms with van der Waals surface area (Å²) in [6.45, 7) is 7.88. The van der Waals surface area contributed by atoms with E-state index in [1.807, 2.05) is 0 Å². The fraction of sp³-hybridized carbons (Fsp3) is 0.908. The summed E-state index contributed by atoms with van der Waals surface area (Å²) in [6.07, 6.45) is 75.0. The molecule has 1 atom stereocenters. The lowest BCUT2D eigenvalue weighted by Gasteiger charge is -2.18. The summed E-state index contributed by atoms with van der Waals surface area (Å²) in [5, 5.41) is 0. The van der Waals surface area contributed by atoms with Gasteiger partial charge < -0.3 is 14.2 Å². The van der Waals surface area contributed by atoms with E-state index >= 15 is 0 Å². The Hall–Kier alpha value is -1.62. The molecule has 5 nitrogen and oxygen atoms in total. The van der Waals surface area contributed by atoms with E-state index in [1.54, 1.807) is 0 Å². The zero-order valence-electron chi connectivity index (χ0n) is 47.8. The molecule has 0 aliphatic heterocycles. The second kappa shape index (κ2) is 61.7. The molecule has 0 aliphatic rings. The normalized spacial score (nSPS) is 12.2. The van der Waals surface area contributed by atoms with E-state index < -0.39 is 6.10 Å². The summed E-state index contributed by atoms with van der Waals surface area (Å²) >= 11 is 0. The second-order valence-electron chi connectivity index (χ2n) is 21.7. The summed E-state index contributed by atoms with van der Waals surface area (Å²) in [6, 6.07) is 0. The lowest BCUT2D eigenvalue weighted by atomic mass is 10.0. The average molecular weight is 986 g/mol. The van der Waals surface area contributed by atoms with Gasteiger partial charge in [-0.3, -0.25) is 9.59 Å². The number of hydrogen-bond acceptors (Lipinski definition) is 5. The number of hydrogen-bond donors (Lipinski definition) is 0. The Morgan fingerprint density at radius 3 is 0.971 bits per heavy atom. The Morgan fingerprint density at radius 2 is 0.600 bits per heavy atom. The number of carbonyl (C=O) groups is 2. The molecule has 0 amide bonds. The molecular formula is C65H124O5. The number of carbonyl (C=O) groups excluding carboxylic acids is 2. The zero-order valence-corrected chi connectivity index (χ0v) is 47.8. The largest absolute Gasteiger partial charge is 0.462 e. The molecule has 414 valence electrons. The molecule has 0 rings (SSSR count). The van der Waals surface area contributed by atoms with Crippen LogP contribution in [0.3, 0.4) is 0 Å². The maximum atomic E-state index is 12.9. The van der Waals surface area contributed by atoms with Crippen LogP contribution in [0.2, 0.25) is 0 Å². The standard InChI is InChI=1S/C65H124O5/c1-4-7-10-13-16-19-22-25-28-30-32-34-36-39-42-45-48-51-54-57-60-68-61-63(70-65(67)59-56-53-50-47-44-41-37-27-24-21-18-15-12-9-6-3)62-69-64(66)58-55-52-49-46-43-40-38-35-33-31-29-26-23-20-17-14-11-8-5-2/h18,21,27,37,63H,4-17,19-20,22-26,28-36,38-62H2,1-3H3/b21-18-,37-27-. The van der Waals surface area contributed by atoms with Crippen LogP contribution in [0, 0.1) is 0 Å². The number of esters is 2. The summed E-state index contributed by atoms with van der Waals surface area (Å²) in [5.74, 6) is -0.385. The smallest absolute Gasteiger partial charge is 0.306 e. The van der Waals surface area contributed by atoms with Crippen molar-refractivity contribution in [3.05, 3.63) is 24.3 Å². The van der Waals surface area contributed by atoms with Gasteiger partial charge in [-0.05, 0) is 51.4 Å². The van der Waals surface area contributed by atoms with Crippen LogP contribution in [0.25, 0.3) is 0 Å². The van der Waals surface area contributed by atoms with Crippen LogP contribution in [0.4, 0.5) is 0 Å². The number of ether oxygens (including phenoxy) is 3. The Morgan fingerprint density at radius 1 is 0.314 bits per heavy atom. The third-order valence-corrected chi connectivity index (χ3v) is 14.5. The minimum Gasteiger partial charge on any atom is -0.462 e. The van der Waals surface area contributed by atoms with Gasteiger partial charge >= 0.3 is 11.9 Å². The predicted molar refractivity (Wildman–Crippen MR) is 307 cm³/mol. The highest BCUT2D eigenvalue weighted by Gasteiger charge is 2.18. The summed E-state index contributed by atoms with van der Waals surface area (Å²) in [7, 11) is 0. The number of unbranched alkanes of at least 4 members (excludes halogenated alkanes) is 45. The molecule has 0 saturated heterocycles. The summed E-state index contributed by atoms with van der Waals surface area (Å²) in [4.78, 5) is 25.6. The van der Waals surface area contributed by atoms with Crippen LogP contribution < -0.4 is 0 Å². The van der Waals surface area contributed by atoms with Gasteiger partial charge in [0.25, 0.3) is 0 Å². The highest BCUT2D eigenvalue weighted by Crippen LogP contribution is 2.18. The highest BCUT2D eigenvalue weighted by atomic mass is 16.6. The van der Waals surface area contributed by atoms with Crippen molar-refractivity contribution in [2.75, 3.05) is 19.8 Å². The van der Waals surface area contributed by atoms with Crippen LogP contribution in [0.15, 0.2) is 24.3 Å². The van der Waals surface area contributed by atoms with Crippen LogP contribution in [0.1, 0.15) is 355 Å². The molecule has 0 aliphatic carbocycles. The molecule has 0 bridgehead atoms. The Bertz CT molecular complexity index is 1070. The molecule has 70 heavy (non-hydrogen) atoms. The number of allylic oxidation sites excluding steroid dienone is 4. The monoisotopic (exact) mass is 985 g/mol. The molecule has 0 heterocycles. The molecule has 5 heteroatoms. The minimum atomic E-state index is -0.537. The van der Waals surface area contributed by atoms with Crippen molar-refractivity contribution < 1.29 is 23.8 Å². The maximum absolute atomic E-state index is 12.9. The minimum absolute atomic E-state index is 0.0884. The van der Waals surface area contributed by atoms with Crippen molar-refractivity contribution in [1.82, 2.24) is 0 Å². The lowest BCUT2D eigenvalue weighted by Crippen LogP contribution is -2.30. The van der Waals surface area contributed by atoms with Gasteiger partial charge in [0.2, 0.25) is 0 Å². The molecule has 0 N–H and O–H groups in total. The van der Waals surface area contributed by atoms with Crippen molar-refractivity contribution in [3.63, 3.8) is 0 Å². The first-order chi connectivity index (χ1) is 34.6. The van der Waals surface area contributed by atoms with Crippen LogP contribution >= 0.6 is 0 Å². The van der Waals surface area contributed by atoms with E-state index in [9.17, 15) is 9.59 Å². The summed E-state index contributed by atoms with van der Waals surface area (Å²) < 4.78 is 17.5. The fourth-order valence-electron chi connectivity index (χ4n) is 9.72. The van der Waals surface area contributed by atoms with E-state index in [0.717, 1.165) is 51.4 Å². The molecule has 0 aromatic carbocycles. The van der Waals surface area contributed by atoms with Gasteiger partial charge in [0.15, 0.2) is 6.10 Å². The van der Waals surface area contributed by atoms with E-state index in [2.05, 4.69) is 45.1 Å². The van der Waals surface area contributed by atoms with Gasteiger partial charge in [-0.25, -0.2) is 0 Å². The number of rotatable bonds is 60. The Kier molecular flexibility index (Phi) is 60.3. The van der Waals surface area contributed by atoms with E-state index in [-0.39, 0.29) is 18.5 Å². The van der Waals surface area contributed by atoms with Gasteiger partial charge in [0.05, 0.1) is 6.61 Å². The average Bonchev–Trinajstić information content (AvgIpc) is 3.36. The van der Waals surface area contributed by atoms with Crippen LogP contribution in [-0.2, 0) is 23.8 Å². The first-order valence-corrected chi connectivity index (χ1v) is 31.9. The maximum Gasteiger partial charge on any atom is 0.306 e. The fourth-order valence-corrected chi connectivity index (χ4v) is 9.72. The van der Waals surface area contributed by atoms with Gasteiger partial charge in [-0.15, -0.1) is 0 Å². The van der Waals surface area contributed by atoms with Crippen molar-refractivity contribution in [2.24, 2.45) is 0 Å². The molecular weight excluding hydrogens is 861 g/mol. The third kappa shape index (κ3) is 58.9. The van der Waals surface area contributed by atoms with Gasteiger partial charge in [0.1, 0.15) is 6.61 Å². The first-order valence-electron chi connectivity index (χ1n) is 31.9. The third-order valence-electron chi connectivity index (χ3n) is 14.5. The molecule has 1 unspecified atom stereocenters. The molecule has 0 aromatic rings. The molecule has 0 saturated carbocycles. The predicted octanol–water partition coefficient (Wildman–Crippen LogP) is 21.9. The van der Waals surface area contributed by atoms with Gasteiger partial charge in [-0.1, -0.05) is 315 Å². The highest BCUT2D eigenvalue weighted by molar-refractivity contribution is 5.70. The molecule has 0 spiro atoms. The Labute approximate surface area is 438 Å². The van der Waals surface area contributed by atoms with Crippen molar-refractivity contribution in [1.29, 1.82) is 0 Å².